The van der Waals surface area contributed by atoms with Crippen LogP contribution >= 0.6 is 0 Å². The monoisotopic (exact) mass is 270 g/mol. The predicted octanol–water partition coefficient (Wildman–Crippen LogP) is 0.715. The Morgan fingerprint density at radius 1 is 1.32 bits per heavy atom. The molecule has 1 aliphatic heterocycles. The molecule has 1 aromatic rings. The molecule has 19 heavy (non-hydrogen) atoms. The maximum Gasteiger partial charge on any atom is 0.163 e. The van der Waals surface area contributed by atoms with Gasteiger partial charge in [-0.1, -0.05) is 12.1 Å². The number of rotatable bonds is 3. The van der Waals surface area contributed by atoms with Crippen molar-refractivity contribution in [2.75, 3.05) is 33.7 Å². The standard InChI is InChI=1S/C13H20F2N4/c1-18-6-7-19(2)11(8-18)13(17-16)9-4-3-5-10(14)12(9)15/h3-5,11,13,17H,6-8,16H2,1-2H3. The Bertz CT molecular complexity index is 441. The van der Waals surface area contributed by atoms with E-state index in [0.717, 1.165) is 25.7 Å². The van der Waals surface area contributed by atoms with Gasteiger partial charge in [0, 0.05) is 31.2 Å². The van der Waals surface area contributed by atoms with Crippen LogP contribution in [0.5, 0.6) is 0 Å². The highest BCUT2D eigenvalue weighted by Gasteiger charge is 2.32. The molecule has 3 N–H and O–H groups in total. The van der Waals surface area contributed by atoms with Crippen molar-refractivity contribution in [2.24, 2.45) is 5.84 Å². The first-order chi connectivity index (χ1) is 9.04. The van der Waals surface area contributed by atoms with Gasteiger partial charge in [-0.05, 0) is 20.2 Å². The average molecular weight is 270 g/mol. The minimum absolute atomic E-state index is 0.0000463. The lowest BCUT2D eigenvalue weighted by Crippen LogP contribution is -2.56. The Morgan fingerprint density at radius 3 is 2.74 bits per heavy atom. The smallest absolute Gasteiger partial charge is 0.163 e. The van der Waals surface area contributed by atoms with Gasteiger partial charge in [0.2, 0.25) is 0 Å². The molecule has 2 atom stereocenters. The molecule has 0 aromatic heterocycles. The van der Waals surface area contributed by atoms with E-state index in [1.54, 1.807) is 6.07 Å². The maximum atomic E-state index is 13.9. The summed E-state index contributed by atoms with van der Waals surface area (Å²) < 4.78 is 27.3. The number of nitrogens with zero attached hydrogens (tertiary/aromatic N) is 2. The molecule has 0 bridgehead atoms. The minimum atomic E-state index is -0.843. The molecule has 0 spiro atoms. The number of hydrogen-bond acceptors (Lipinski definition) is 4. The van der Waals surface area contributed by atoms with Crippen LogP contribution in [0.1, 0.15) is 11.6 Å². The highest BCUT2D eigenvalue weighted by atomic mass is 19.2. The first kappa shape index (κ1) is 14.3. The van der Waals surface area contributed by atoms with Gasteiger partial charge in [0.15, 0.2) is 11.6 Å². The molecule has 1 fully saturated rings. The second kappa shape index (κ2) is 5.92. The van der Waals surface area contributed by atoms with Gasteiger partial charge in [0.05, 0.1) is 6.04 Å². The van der Waals surface area contributed by atoms with Crippen LogP contribution in [0.3, 0.4) is 0 Å². The fourth-order valence-electron chi connectivity index (χ4n) is 2.57. The third-order valence-corrected chi connectivity index (χ3v) is 3.78. The van der Waals surface area contributed by atoms with Gasteiger partial charge >= 0.3 is 0 Å². The van der Waals surface area contributed by atoms with E-state index in [1.165, 1.54) is 6.07 Å². The van der Waals surface area contributed by atoms with Crippen molar-refractivity contribution in [1.29, 1.82) is 0 Å². The molecule has 0 aliphatic carbocycles. The van der Waals surface area contributed by atoms with Crippen molar-refractivity contribution < 1.29 is 8.78 Å². The number of likely N-dealkylation sites (N-methyl/N-ethyl adjacent to an activating group) is 2. The summed E-state index contributed by atoms with van der Waals surface area (Å²) in [6, 6.07) is 3.75. The quantitative estimate of drug-likeness (QED) is 0.627. The van der Waals surface area contributed by atoms with Gasteiger partial charge in [-0.15, -0.1) is 0 Å². The van der Waals surface area contributed by atoms with Crippen LogP contribution in [0.25, 0.3) is 0 Å². The topological polar surface area (TPSA) is 44.5 Å². The molecular formula is C13H20F2N4. The fourth-order valence-corrected chi connectivity index (χ4v) is 2.57. The molecule has 1 heterocycles. The van der Waals surface area contributed by atoms with E-state index in [0.29, 0.717) is 0 Å². The van der Waals surface area contributed by atoms with Crippen molar-refractivity contribution in [3.8, 4) is 0 Å². The first-order valence-electron chi connectivity index (χ1n) is 6.33. The number of nitrogens with one attached hydrogen (secondary N) is 1. The van der Waals surface area contributed by atoms with E-state index in [4.69, 9.17) is 5.84 Å². The van der Waals surface area contributed by atoms with Crippen LogP contribution in [0.2, 0.25) is 0 Å². The van der Waals surface area contributed by atoms with Crippen LogP contribution in [0, 0.1) is 11.6 Å². The van der Waals surface area contributed by atoms with E-state index in [9.17, 15) is 8.78 Å². The van der Waals surface area contributed by atoms with Gasteiger partial charge in [0.25, 0.3) is 0 Å². The van der Waals surface area contributed by atoms with Gasteiger partial charge < -0.3 is 4.90 Å². The number of piperazine rings is 1. The SMILES string of the molecule is CN1CCN(C)C(C(NN)c2cccc(F)c2F)C1. The summed E-state index contributed by atoms with van der Waals surface area (Å²) in [6.07, 6.45) is 0. The van der Waals surface area contributed by atoms with Gasteiger partial charge in [-0.25, -0.2) is 8.78 Å². The van der Waals surface area contributed by atoms with Crippen LogP contribution < -0.4 is 11.3 Å². The van der Waals surface area contributed by atoms with E-state index >= 15 is 0 Å². The van der Waals surface area contributed by atoms with Gasteiger partial charge in [-0.2, -0.15) is 0 Å². The molecule has 0 saturated carbocycles. The maximum absolute atomic E-state index is 13.9. The molecule has 2 rings (SSSR count). The minimum Gasteiger partial charge on any atom is -0.303 e. The summed E-state index contributed by atoms with van der Waals surface area (Å²) in [7, 11) is 3.98. The summed E-state index contributed by atoms with van der Waals surface area (Å²) in [6.45, 7) is 2.58. The van der Waals surface area contributed by atoms with E-state index in [-0.39, 0.29) is 11.6 Å². The zero-order valence-corrected chi connectivity index (χ0v) is 11.2. The first-order valence-corrected chi connectivity index (χ1v) is 6.33. The molecule has 0 radical (unpaired) electrons. The highest BCUT2D eigenvalue weighted by Crippen LogP contribution is 2.25. The number of nitrogens with two attached hydrogens (primary N) is 1. The van der Waals surface area contributed by atoms with Crippen molar-refractivity contribution in [3.05, 3.63) is 35.4 Å². The molecule has 1 aliphatic rings. The average Bonchev–Trinajstić information content (AvgIpc) is 2.39. The van der Waals surface area contributed by atoms with Crippen LogP contribution in [0.15, 0.2) is 18.2 Å². The lowest BCUT2D eigenvalue weighted by atomic mass is 9.96. The number of benzene rings is 1. The second-order valence-electron chi connectivity index (χ2n) is 5.10. The van der Waals surface area contributed by atoms with E-state index in [2.05, 4.69) is 15.2 Å². The second-order valence-corrected chi connectivity index (χ2v) is 5.10. The van der Waals surface area contributed by atoms with Crippen molar-refractivity contribution in [2.45, 2.75) is 12.1 Å². The molecule has 0 amide bonds. The highest BCUT2D eigenvalue weighted by molar-refractivity contribution is 5.24. The number of hydrazine groups is 1. The molecular weight excluding hydrogens is 250 g/mol. The Morgan fingerprint density at radius 2 is 2.05 bits per heavy atom. The van der Waals surface area contributed by atoms with Crippen molar-refractivity contribution >= 4 is 0 Å². The fraction of sp³-hybridized carbons (Fsp3) is 0.538. The summed E-state index contributed by atoms with van der Waals surface area (Å²) >= 11 is 0. The summed E-state index contributed by atoms with van der Waals surface area (Å²) in [5, 5.41) is 0. The summed E-state index contributed by atoms with van der Waals surface area (Å²) in [4.78, 5) is 4.28. The van der Waals surface area contributed by atoms with E-state index in [1.807, 2.05) is 14.1 Å². The summed E-state index contributed by atoms with van der Waals surface area (Å²) in [5.41, 5.74) is 2.90. The number of halogens is 2. The number of hydrogen-bond donors (Lipinski definition) is 2. The largest absolute Gasteiger partial charge is 0.303 e. The van der Waals surface area contributed by atoms with Crippen LogP contribution in [0.4, 0.5) is 8.78 Å². The summed E-state index contributed by atoms with van der Waals surface area (Å²) in [5.74, 6) is 3.91. The lowest BCUT2D eigenvalue weighted by Gasteiger charge is -2.41. The van der Waals surface area contributed by atoms with E-state index < -0.39 is 17.7 Å². The lowest BCUT2D eigenvalue weighted by molar-refractivity contribution is 0.0865. The Kier molecular flexibility index (Phi) is 4.46. The molecule has 1 aromatic carbocycles. The molecule has 2 unspecified atom stereocenters. The van der Waals surface area contributed by atoms with Crippen LogP contribution in [-0.4, -0.2) is 49.6 Å². The van der Waals surface area contributed by atoms with Gasteiger partial charge in [-0.3, -0.25) is 16.2 Å². The third kappa shape index (κ3) is 2.92. The zero-order chi connectivity index (χ0) is 14.0. The Hall–Kier alpha value is -1.08. The predicted molar refractivity (Wildman–Crippen MR) is 70.3 cm³/mol. The molecule has 6 heteroatoms. The molecule has 4 nitrogen and oxygen atoms in total. The van der Waals surface area contributed by atoms with Crippen LogP contribution in [-0.2, 0) is 0 Å². The Labute approximate surface area is 112 Å². The normalized spacial score (nSPS) is 23.5. The van der Waals surface area contributed by atoms with Crippen molar-refractivity contribution in [3.63, 3.8) is 0 Å². The van der Waals surface area contributed by atoms with Gasteiger partial charge in [0.1, 0.15) is 0 Å². The Balaban J connectivity index is 2.30. The molecule has 106 valence electrons. The zero-order valence-electron chi connectivity index (χ0n) is 11.2. The molecule has 1 saturated heterocycles. The third-order valence-electron chi connectivity index (χ3n) is 3.78. The van der Waals surface area contributed by atoms with Crippen molar-refractivity contribution in [1.82, 2.24) is 15.2 Å².